The molecule has 5 rings (SSSR count). The van der Waals surface area contributed by atoms with Crippen LogP contribution in [0.4, 0.5) is 4.39 Å². The van der Waals surface area contributed by atoms with Gasteiger partial charge in [-0.25, -0.2) is 4.39 Å². The Morgan fingerprint density at radius 3 is 2.72 bits per heavy atom. The number of piperidine rings is 2. The first-order valence-electron chi connectivity index (χ1n) is 12.4. The van der Waals surface area contributed by atoms with E-state index in [-0.39, 0.29) is 35.8 Å². The van der Waals surface area contributed by atoms with Crippen LogP contribution in [0.1, 0.15) is 53.6 Å². The van der Waals surface area contributed by atoms with Crippen LogP contribution in [0.25, 0.3) is 0 Å². The third-order valence-corrected chi connectivity index (χ3v) is 7.29. The Morgan fingerprint density at radius 1 is 1.08 bits per heavy atom. The molecule has 190 valence electrons. The minimum absolute atomic E-state index is 0.193. The number of amides is 3. The van der Waals surface area contributed by atoms with E-state index in [9.17, 15) is 18.8 Å². The molecule has 3 aliphatic rings. The first-order chi connectivity index (χ1) is 17.4. The molecule has 2 unspecified atom stereocenters. The van der Waals surface area contributed by atoms with Crippen LogP contribution >= 0.6 is 0 Å². The van der Waals surface area contributed by atoms with Crippen LogP contribution < -0.4 is 14.8 Å². The Bertz CT molecular complexity index is 1190. The Balaban J connectivity index is 1.22. The number of ether oxygens (including phenoxy) is 2. The van der Waals surface area contributed by atoms with Crippen LogP contribution in [-0.2, 0) is 22.7 Å². The van der Waals surface area contributed by atoms with Crippen molar-refractivity contribution in [1.82, 2.24) is 15.1 Å². The molecule has 36 heavy (non-hydrogen) atoms. The fraction of sp³-hybridized carbons (Fsp3) is 0.444. The number of imide groups is 1. The SMILES string of the molecule is COc1ccc(CN2CCCCC2COc2ccc3c(c2)CN(C2CCC(=O)NC2=O)C3=O)cc1F. The third-order valence-electron chi connectivity index (χ3n) is 7.29. The van der Waals surface area contributed by atoms with Crippen LogP contribution in [0.15, 0.2) is 36.4 Å². The van der Waals surface area contributed by atoms with E-state index in [1.807, 2.05) is 12.1 Å². The largest absolute Gasteiger partial charge is 0.494 e. The number of hydrogen-bond acceptors (Lipinski definition) is 6. The summed E-state index contributed by atoms with van der Waals surface area (Å²) in [5.41, 5.74) is 2.27. The molecule has 2 aromatic rings. The summed E-state index contributed by atoms with van der Waals surface area (Å²) < 4.78 is 25.3. The molecule has 0 saturated carbocycles. The van der Waals surface area contributed by atoms with E-state index in [0.29, 0.717) is 37.4 Å². The molecule has 0 aromatic heterocycles. The van der Waals surface area contributed by atoms with Crippen molar-refractivity contribution in [2.24, 2.45) is 0 Å². The second kappa shape index (κ2) is 10.3. The van der Waals surface area contributed by atoms with Gasteiger partial charge in [0.25, 0.3) is 5.91 Å². The topological polar surface area (TPSA) is 88.2 Å². The summed E-state index contributed by atoms with van der Waals surface area (Å²) in [6, 6.07) is 10.0. The fourth-order valence-electron chi connectivity index (χ4n) is 5.33. The maximum absolute atomic E-state index is 14.2. The molecule has 1 N–H and O–H groups in total. The van der Waals surface area contributed by atoms with Gasteiger partial charge >= 0.3 is 0 Å². The quantitative estimate of drug-likeness (QED) is 0.594. The van der Waals surface area contributed by atoms with Gasteiger partial charge < -0.3 is 14.4 Å². The second-order valence-electron chi connectivity index (χ2n) is 9.62. The van der Waals surface area contributed by atoms with Crippen molar-refractivity contribution in [2.45, 2.75) is 57.3 Å². The molecule has 8 nitrogen and oxygen atoms in total. The van der Waals surface area contributed by atoms with Crippen molar-refractivity contribution in [2.75, 3.05) is 20.3 Å². The zero-order valence-corrected chi connectivity index (χ0v) is 20.3. The molecule has 2 saturated heterocycles. The van der Waals surface area contributed by atoms with Gasteiger partial charge in [-0.3, -0.25) is 24.6 Å². The number of fused-ring (bicyclic) bond motifs is 1. The first kappa shape index (κ1) is 24.2. The molecule has 2 aromatic carbocycles. The van der Waals surface area contributed by atoms with Gasteiger partial charge in [0, 0.05) is 31.1 Å². The number of halogens is 1. The van der Waals surface area contributed by atoms with Crippen LogP contribution in [0.3, 0.4) is 0 Å². The van der Waals surface area contributed by atoms with E-state index in [1.54, 1.807) is 18.2 Å². The van der Waals surface area contributed by atoms with Crippen molar-refractivity contribution in [1.29, 1.82) is 0 Å². The van der Waals surface area contributed by atoms with Crippen LogP contribution in [-0.4, -0.2) is 59.9 Å². The van der Waals surface area contributed by atoms with E-state index in [2.05, 4.69) is 10.2 Å². The highest BCUT2D eigenvalue weighted by atomic mass is 19.1. The second-order valence-corrected chi connectivity index (χ2v) is 9.62. The highest BCUT2D eigenvalue weighted by Crippen LogP contribution is 2.31. The number of likely N-dealkylation sites (tertiary alicyclic amines) is 1. The molecule has 0 aliphatic carbocycles. The molecule has 9 heteroatoms. The minimum atomic E-state index is -0.634. The summed E-state index contributed by atoms with van der Waals surface area (Å²) in [7, 11) is 1.46. The molecule has 3 aliphatic heterocycles. The van der Waals surface area contributed by atoms with Crippen molar-refractivity contribution < 1.29 is 28.2 Å². The average Bonchev–Trinajstić information content (AvgIpc) is 3.19. The highest BCUT2D eigenvalue weighted by molar-refractivity contribution is 6.05. The predicted octanol–water partition coefficient (Wildman–Crippen LogP) is 3.03. The average molecular weight is 496 g/mol. The predicted molar refractivity (Wildman–Crippen MR) is 129 cm³/mol. The first-order valence-corrected chi connectivity index (χ1v) is 12.4. The van der Waals surface area contributed by atoms with Gasteiger partial charge in [0.1, 0.15) is 18.4 Å². The zero-order valence-electron chi connectivity index (χ0n) is 20.3. The smallest absolute Gasteiger partial charge is 0.255 e. The van der Waals surface area contributed by atoms with Gasteiger partial charge in [-0.2, -0.15) is 0 Å². The minimum Gasteiger partial charge on any atom is -0.494 e. The summed E-state index contributed by atoms with van der Waals surface area (Å²) in [5.74, 6) is -0.366. The molecular weight excluding hydrogens is 465 g/mol. The van der Waals surface area contributed by atoms with Gasteiger partial charge in [0.15, 0.2) is 11.6 Å². The molecule has 0 radical (unpaired) electrons. The van der Waals surface area contributed by atoms with Gasteiger partial charge in [-0.05, 0) is 67.3 Å². The number of rotatable bonds is 7. The molecule has 3 amide bonds. The lowest BCUT2D eigenvalue weighted by Crippen LogP contribution is -2.52. The van der Waals surface area contributed by atoms with Gasteiger partial charge in [-0.15, -0.1) is 0 Å². The molecule has 0 spiro atoms. The van der Waals surface area contributed by atoms with Gasteiger partial charge in [0.2, 0.25) is 11.8 Å². The van der Waals surface area contributed by atoms with Crippen molar-refractivity contribution in [3.63, 3.8) is 0 Å². The number of carbonyl (C=O) groups is 3. The van der Waals surface area contributed by atoms with Crippen molar-refractivity contribution in [3.05, 3.63) is 58.9 Å². The van der Waals surface area contributed by atoms with Crippen molar-refractivity contribution >= 4 is 17.7 Å². The third kappa shape index (κ3) is 4.93. The number of methoxy groups -OCH3 is 1. The Morgan fingerprint density at radius 2 is 1.94 bits per heavy atom. The summed E-state index contributed by atoms with van der Waals surface area (Å²) in [5, 5.41) is 2.32. The van der Waals surface area contributed by atoms with E-state index in [0.717, 1.165) is 36.9 Å². The highest BCUT2D eigenvalue weighted by Gasteiger charge is 2.39. The van der Waals surface area contributed by atoms with E-state index >= 15 is 0 Å². The van der Waals surface area contributed by atoms with Gasteiger partial charge in [-0.1, -0.05) is 12.5 Å². The van der Waals surface area contributed by atoms with Crippen molar-refractivity contribution in [3.8, 4) is 11.5 Å². The van der Waals surface area contributed by atoms with Crippen LogP contribution in [0, 0.1) is 5.82 Å². The number of nitrogens with zero attached hydrogens (tertiary/aromatic N) is 2. The van der Waals surface area contributed by atoms with E-state index in [4.69, 9.17) is 9.47 Å². The van der Waals surface area contributed by atoms with Crippen LogP contribution in [0.2, 0.25) is 0 Å². The summed E-state index contributed by atoms with van der Waals surface area (Å²) >= 11 is 0. The Hall–Kier alpha value is -3.46. The molecule has 0 bridgehead atoms. The van der Waals surface area contributed by atoms with E-state index in [1.165, 1.54) is 18.1 Å². The molecule has 3 heterocycles. The normalized spacial score (nSPS) is 22.4. The standard InChI is InChI=1S/C27H30FN3O5/c1-35-24-9-5-17(12-22(24)28)14-30-11-3-2-4-19(30)16-36-20-6-7-21-18(13-20)15-31(27(21)34)23-8-10-25(32)29-26(23)33/h5-7,9,12-13,19,23H,2-4,8,10-11,14-16H2,1H3,(H,29,32,33). The fourth-order valence-corrected chi connectivity index (χ4v) is 5.33. The summed E-state index contributed by atoms with van der Waals surface area (Å²) in [6.45, 7) is 2.36. The summed E-state index contributed by atoms with van der Waals surface area (Å²) in [6.07, 6.45) is 3.76. The van der Waals surface area contributed by atoms with E-state index < -0.39 is 11.9 Å². The number of nitrogens with one attached hydrogen (secondary N) is 1. The maximum atomic E-state index is 14.2. The maximum Gasteiger partial charge on any atom is 0.255 e. The Kier molecular flexibility index (Phi) is 6.91. The zero-order chi connectivity index (χ0) is 25.2. The Labute approximate surface area is 209 Å². The molecule has 2 fully saturated rings. The number of benzene rings is 2. The lowest BCUT2D eigenvalue weighted by molar-refractivity contribution is -0.136. The van der Waals surface area contributed by atoms with Crippen LogP contribution in [0.5, 0.6) is 11.5 Å². The molecular formula is C27H30FN3O5. The molecule has 2 atom stereocenters. The summed E-state index contributed by atoms with van der Waals surface area (Å²) in [4.78, 5) is 40.5. The lowest BCUT2D eigenvalue weighted by atomic mass is 10.0. The number of carbonyl (C=O) groups excluding carboxylic acids is 3. The lowest BCUT2D eigenvalue weighted by Gasteiger charge is -2.35. The van der Waals surface area contributed by atoms with Gasteiger partial charge in [0.05, 0.1) is 7.11 Å². The number of hydrogen-bond donors (Lipinski definition) is 1. The monoisotopic (exact) mass is 495 g/mol.